The molecule has 160 valence electrons. The quantitative estimate of drug-likeness (QED) is 0.368. The van der Waals surface area contributed by atoms with Gasteiger partial charge in [-0.2, -0.15) is 17.7 Å². The summed E-state index contributed by atoms with van der Waals surface area (Å²) in [6.07, 6.45) is -4.72. The third kappa shape index (κ3) is 3.35. The van der Waals surface area contributed by atoms with Crippen molar-refractivity contribution in [2.45, 2.75) is 13.1 Å². The summed E-state index contributed by atoms with van der Waals surface area (Å²) in [7, 11) is 0. The standard InChI is InChI=1S/C22H13F3N4O3/c1-12-16(31-18-10-9-17-26-27-21(22(23,24)25)29(17)28-18)8-7-14-15(11-19(30)32-20(12)14)13-5-3-2-4-6-13/h2-11H,1H3. The molecule has 0 radical (unpaired) electrons. The zero-order chi connectivity index (χ0) is 22.5. The topological polar surface area (TPSA) is 82.5 Å². The molecule has 0 atom stereocenters. The minimum Gasteiger partial charge on any atom is -0.437 e. The lowest BCUT2D eigenvalue weighted by molar-refractivity contribution is -0.146. The lowest BCUT2D eigenvalue weighted by atomic mass is 10.0. The molecular formula is C22H13F3N4O3. The highest BCUT2D eigenvalue weighted by Gasteiger charge is 2.37. The van der Waals surface area contributed by atoms with Crippen LogP contribution in [0.15, 0.2) is 69.9 Å². The number of aromatic nitrogens is 4. The molecule has 7 nitrogen and oxygen atoms in total. The maximum absolute atomic E-state index is 13.1. The predicted molar refractivity (Wildman–Crippen MR) is 109 cm³/mol. The van der Waals surface area contributed by atoms with Crippen molar-refractivity contribution in [2.24, 2.45) is 0 Å². The van der Waals surface area contributed by atoms with Crippen LogP contribution in [-0.2, 0) is 6.18 Å². The van der Waals surface area contributed by atoms with Crippen molar-refractivity contribution in [1.29, 1.82) is 0 Å². The van der Waals surface area contributed by atoms with Crippen LogP contribution in [0.1, 0.15) is 11.4 Å². The second kappa shape index (κ2) is 7.19. The molecule has 5 rings (SSSR count). The van der Waals surface area contributed by atoms with Crippen molar-refractivity contribution < 1.29 is 22.3 Å². The monoisotopic (exact) mass is 438 g/mol. The van der Waals surface area contributed by atoms with Crippen LogP contribution in [0.3, 0.4) is 0 Å². The van der Waals surface area contributed by atoms with Gasteiger partial charge in [-0.1, -0.05) is 30.3 Å². The number of hydrogen-bond donors (Lipinski definition) is 0. The van der Waals surface area contributed by atoms with Crippen LogP contribution in [0.2, 0.25) is 0 Å². The summed E-state index contributed by atoms with van der Waals surface area (Å²) in [6, 6.07) is 16.8. The first-order chi connectivity index (χ1) is 15.3. The normalized spacial score (nSPS) is 11.9. The molecule has 3 heterocycles. The summed E-state index contributed by atoms with van der Waals surface area (Å²) in [4.78, 5) is 12.2. The van der Waals surface area contributed by atoms with Crippen LogP contribution in [0.4, 0.5) is 13.2 Å². The van der Waals surface area contributed by atoms with E-state index in [2.05, 4.69) is 15.3 Å². The van der Waals surface area contributed by atoms with Gasteiger partial charge in [-0.3, -0.25) is 0 Å². The van der Waals surface area contributed by atoms with Gasteiger partial charge in [-0.05, 0) is 36.2 Å². The predicted octanol–water partition coefficient (Wildman–Crippen LogP) is 5.02. The Balaban J connectivity index is 1.60. The first-order valence-corrected chi connectivity index (χ1v) is 9.42. The largest absolute Gasteiger partial charge is 0.453 e. The van der Waals surface area contributed by atoms with Crippen molar-refractivity contribution in [1.82, 2.24) is 19.8 Å². The van der Waals surface area contributed by atoms with E-state index >= 15 is 0 Å². The van der Waals surface area contributed by atoms with Gasteiger partial charge in [0.05, 0.1) is 0 Å². The highest BCUT2D eigenvalue weighted by atomic mass is 19.4. The van der Waals surface area contributed by atoms with Crippen LogP contribution in [-0.4, -0.2) is 19.8 Å². The molecule has 32 heavy (non-hydrogen) atoms. The Bertz CT molecular complexity index is 1530. The summed E-state index contributed by atoms with van der Waals surface area (Å²) >= 11 is 0. The average molecular weight is 438 g/mol. The zero-order valence-electron chi connectivity index (χ0n) is 16.4. The first-order valence-electron chi connectivity index (χ1n) is 9.42. The van der Waals surface area contributed by atoms with Crippen LogP contribution in [0, 0.1) is 6.92 Å². The molecule has 0 bridgehead atoms. The minimum absolute atomic E-state index is 0.0709. The number of hydrogen-bond acceptors (Lipinski definition) is 6. The van der Waals surface area contributed by atoms with E-state index in [1.807, 2.05) is 30.3 Å². The summed E-state index contributed by atoms with van der Waals surface area (Å²) in [6.45, 7) is 1.69. The SMILES string of the molecule is Cc1c(Oc2ccc3nnc(C(F)(F)F)n3n2)ccc2c(-c3ccccc3)cc(=O)oc12. The molecule has 0 aliphatic rings. The van der Waals surface area contributed by atoms with E-state index in [-0.39, 0.29) is 17.3 Å². The lowest BCUT2D eigenvalue weighted by Gasteiger charge is -2.12. The molecular weight excluding hydrogens is 425 g/mol. The smallest absolute Gasteiger partial charge is 0.437 e. The zero-order valence-corrected chi connectivity index (χ0v) is 16.4. The van der Waals surface area contributed by atoms with Crippen molar-refractivity contribution in [3.8, 4) is 22.8 Å². The van der Waals surface area contributed by atoms with Gasteiger partial charge in [0.15, 0.2) is 5.65 Å². The average Bonchev–Trinajstić information content (AvgIpc) is 3.20. The van der Waals surface area contributed by atoms with Gasteiger partial charge in [0.1, 0.15) is 11.3 Å². The molecule has 3 aromatic heterocycles. The Morgan fingerprint density at radius 1 is 1.00 bits per heavy atom. The number of fused-ring (bicyclic) bond motifs is 2. The second-order valence-electron chi connectivity index (χ2n) is 6.98. The molecule has 10 heteroatoms. The van der Waals surface area contributed by atoms with Gasteiger partial charge in [-0.15, -0.1) is 15.3 Å². The minimum atomic E-state index is -4.72. The molecule has 0 saturated carbocycles. The van der Waals surface area contributed by atoms with E-state index in [1.165, 1.54) is 18.2 Å². The summed E-state index contributed by atoms with van der Waals surface area (Å²) in [5, 5.41) is 11.2. The van der Waals surface area contributed by atoms with E-state index in [9.17, 15) is 18.0 Å². The third-order valence-electron chi connectivity index (χ3n) is 4.90. The van der Waals surface area contributed by atoms with E-state index in [1.54, 1.807) is 19.1 Å². The molecule has 0 aliphatic heterocycles. The Morgan fingerprint density at radius 3 is 2.53 bits per heavy atom. The number of nitrogens with zero attached hydrogens (tertiary/aromatic N) is 4. The highest BCUT2D eigenvalue weighted by molar-refractivity contribution is 5.95. The van der Waals surface area contributed by atoms with Crippen molar-refractivity contribution in [3.63, 3.8) is 0 Å². The number of aryl methyl sites for hydroxylation is 1. The van der Waals surface area contributed by atoms with Gasteiger partial charge in [0.2, 0.25) is 5.88 Å². The lowest BCUT2D eigenvalue weighted by Crippen LogP contribution is -2.12. The Morgan fingerprint density at radius 2 is 1.78 bits per heavy atom. The second-order valence-corrected chi connectivity index (χ2v) is 6.98. The first kappa shape index (κ1) is 19.7. The molecule has 0 fully saturated rings. The molecule has 0 N–H and O–H groups in total. The van der Waals surface area contributed by atoms with Crippen LogP contribution in [0.25, 0.3) is 27.7 Å². The summed E-state index contributed by atoms with van der Waals surface area (Å²) in [5.41, 5.74) is 1.76. The molecule has 5 aromatic rings. The molecule has 0 aliphatic carbocycles. The van der Waals surface area contributed by atoms with E-state index in [0.717, 1.165) is 5.56 Å². The molecule has 0 saturated heterocycles. The van der Waals surface area contributed by atoms with E-state index in [4.69, 9.17) is 9.15 Å². The van der Waals surface area contributed by atoms with Crippen LogP contribution >= 0.6 is 0 Å². The summed E-state index contributed by atoms with van der Waals surface area (Å²) < 4.78 is 51.1. The van der Waals surface area contributed by atoms with Crippen LogP contribution in [0.5, 0.6) is 11.6 Å². The highest BCUT2D eigenvalue weighted by Crippen LogP contribution is 2.35. The maximum atomic E-state index is 13.1. The van der Waals surface area contributed by atoms with E-state index in [0.29, 0.717) is 26.6 Å². The van der Waals surface area contributed by atoms with Crippen molar-refractivity contribution in [3.05, 3.63) is 82.5 Å². The molecule has 2 aromatic carbocycles. The van der Waals surface area contributed by atoms with Gasteiger partial charge < -0.3 is 9.15 Å². The van der Waals surface area contributed by atoms with Gasteiger partial charge in [0, 0.05) is 23.1 Å². The maximum Gasteiger partial charge on any atom is 0.453 e. The number of benzene rings is 2. The Labute approximate surface area is 177 Å². The van der Waals surface area contributed by atoms with Crippen LogP contribution < -0.4 is 10.4 Å². The fraction of sp³-hybridized carbons (Fsp3) is 0.0909. The molecule has 0 spiro atoms. The number of rotatable bonds is 3. The fourth-order valence-electron chi connectivity index (χ4n) is 3.43. The van der Waals surface area contributed by atoms with E-state index < -0.39 is 17.6 Å². The Kier molecular flexibility index (Phi) is 4.43. The van der Waals surface area contributed by atoms with Crippen molar-refractivity contribution >= 4 is 16.6 Å². The van der Waals surface area contributed by atoms with Crippen molar-refractivity contribution in [2.75, 3.05) is 0 Å². The van der Waals surface area contributed by atoms with Gasteiger partial charge in [-0.25, -0.2) is 4.79 Å². The van der Waals surface area contributed by atoms with Gasteiger partial charge >= 0.3 is 11.8 Å². The molecule has 0 unspecified atom stereocenters. The summed E-state index contributed by atoms with van der Waals surface area (Å²) in [5.74, 6) is -1.09. The number of ether oxygens (including phenoxy) is 1. The molecule has 0 amide bonds. The van der Waals surface area contributed by atoms with Gasteiger partial charge in [0.25, 0.3) is 5.82 Å². The fourth-order valence-corrected chi connectivity index (χ4v) is 3.43. The Hall–Kier alpha value is -4.21. The number of halogens is 3. The number of alkyl halides is 3. The third-order valence-corrected chi connectivity index (χ3v) is 4.90.